The van der Waals surface area contributed by atoms with E-state index in [1.165, 1.54) is 45.2 Å². The summed E-state index contributed by atoms with van der Waals surface area (Å²) in [5.74, 6) is 0.782. The van der Waals surface area contributed by atoms with Gasteiger partial charge in [0.1, 0.15) is 0 Å². The van der Waals surface area contributed by atoms with E-state index in [-0.39, 0.29) is 0 Å². The van der Waals surface area contributed by atoms with Gasteiger partial charge in [-0.2, -0.15) is 0 Å². The van der Waals surface area contributed by atoms with E-state index in [1.54, 1.807) is 0 Å². The zero-order valence-corrected chi connectivity index (χ0v) is 14.2. The quantitative estimate of drug-likeness (QED) is 0.623. The Kier molecular flexibility index (Phi) is 9.49. The molecule has 1 fully saturated rings. The third-order valence-corrected chi connectivity index (χ3v) is 4.22. The third kappa shape index (κ3) is 7.05. The maximum absolute atomic E-state index is 5.68. The first-order valence-electron chi connectivity index (χ1n) is 8.72. The molecule has 0 saturated carbocycles. The fourth-order valence-corrected chi connectivity index (χ4v) is 3.05. The largest absolute Gasteiger partial charge is 0.381 e. The molecule has 1 rings (SSSR count). The van der Waals surface area contributed by atoms with Gasteiger partial charge in [0, 0.05) is 44.9 Å². The lowest BCUT2D eigenvalue weighted by atomic mass is 9.99. The normalized spacial score (nSPS) is 24.4. The number of rotatable bonds is 10. The van der Waals surface area contributed by atoms with Crippen LogP contribution in [0.5, 0.6) is 0 Å². The van der Waals surface area contributed by atoms with Crippen LogP contribution in [0.1, 0.15) is 59.8 Å². The van der Waals surface area contributed by atoms with E-state index in [0.717, 1.165) is 25.7 Å². The Bertz CT molecular complexity index is 233. The Morgan fingerprint density at radius 2 is 1.95 bits per heavy atom. The van der Waals surface area contributed by atoms with Crippen molar-refractivity contribution in [1.82, 2.24) is 10.2 Å². The number of unbranched alkanes of at least 4 members (excludes halogenated alkanes) is 1. The molecule has 0 amide bonds. The van der Waals surface area contributed by atoms with Crippen LogP contribution >= 0.6 is 0 Å². The fourth-order valence-electron chi connectivity index (χ4n) is 3.05. The van der Waals surface area contributed by atoms with Crippen LogP contribution < -0.4 is 5.32 Å². The van der Waals surface area contributed by atoms with E-state index in [1.807, 2.05) is 0 Å². The van der Waals surface area contributed by atoms with Crippen molar-refractivity contribution in [1.29, 1.82) is 0 Å². The molecular weight excluding hydrogens is 248 g/mol. The predicted octanol–water partition coefficient (Wildman–Crippen LogP) is 3.29. The smallest absolute Gasteiger partial charge is 0.0478 e. The molecule has 3 nitrogen and oxygen atoms in total. The number of hydrogen-bond donors (Lipinski definition) is 1. The van der Waals surface area contributed by atoms with Crippen molar-refractivity contribution in [2.45, 2.75) is 71.9 Å². The molecule has 0 spiro atoms. The maximum Gasteiger partial charge on any atom is 0.0478 e. The van der Waals surface area contributed by atoms with Gasteiger partial charge in [0.15, 0.2) is 0 Å². The van der Waals surface area contributed by atoms with Crippen LogP contribution in [0.15, 0.2) is 0 Å². The zero-order valence-electron chi connectivity index (χ0n) is 14.2. The molecule has 3 heteroatoms. The molecule has 120 valence electrons. The van der Waals surface area contributed by atoms with Crippen LogP contribution in [-0.2, 0) is 4.74 Å². The van der Waals surface area contributed by atoms with Gasteiger partial charge in [-0.25, -0.2) is 0 Å². The Morgan fingerprint density at radius 1 is 1.20 bits per heavy atom. The standard InChI is InChI=1S/C17H36N2O/c1-5-7-10-20-11-8-9-19-14-16(12-15(3)4)18-13-17(19)6-2/h15-18H,5-14H2,1-4H3. The van der Waals surface area contributed by atoms with Crippen LogP contribution in [-0.4, -0.2) is 49.8 Å². The van der Waals surface area contributed by atoms with Crippen LogP contribution in [0, 0.1) is 5.92 Å². The van der Waals surface area contributed by atoms with Gasteiger partial charge in [0.05, 0.1) is 0 Å². The Hall–Kier alpha value is -0.120. The summed E-state index contributed by atoms with van der Waals surface area (Å²) in [7, 11) is 0. The first kappa shape index (κ1) is 17.9. The summed E-state index contributed by atoms with van der Waals surface area (Å²) in [5.41, 5.74) is 0. The van der Waals surface area contributed by atoms with Crippen LogP contribution in [0.2, 0.25) is 0 Å². The molecule has 0 aromatic carbocycles. The van der Waals surface area contributed by atoms with Gasteiger partial charge in [-0.15, -0.1) is 0 Å². The first-order chi connectivity index (χ1) is 9.67. The summed E-state index contributed by atoms with van der Waals surface area (Å²) in [5, 5.41) is 3.73. The van der Waals surface area contributed by atoms with Gasteiger partial charge < -0.3 is 10.1 Å². The van der Waals surface area contributed by atoms with E-state index in [4.69, 9.17) is 4.74 Å². The molecule has 2 atom stereocenters. The summed E-state index contributed by atoms with van der Waals surface area (Å²) in [6.07, 6.45) is 6.14. The molecule has 0 radical (unpaired) electrons. The van der Waals surface area contributed by atoms with E-state index < -0.39 is 0 Å². The van der Waals surface area contributed by atoms with Crippen molar-refractivity contribution in [3.05, 3.63) is 0 Å². The molecule has 1 aliphatic heterocycles. The van der Waals surface area contributed by atoms with Gasteiger partial charge in [-0.05, 0) is 31.6 Å². The second-order valence-electron chi connectivity index (χ2n) is 6.61. The Balaban J connectivity index is 2.24. The fraction of sp³-hybridized carbons (Fsp3) is 1.00. The average Bonchev–Trinajstić information content (AvgIpc) is 2.42. The molecule has 0 aliphatic carbocycles. The molecule has 0 aromatic heterocycles. The van der Waals surface area contributed by atoms with E-state index >= 15 is 0 Å². The van der Waals surface area contributed by atoms with Gasteiger partial charge >= 0.3 is 0 Å². The minimum atomic E-state index is 0.679. The number of nitrogens with zero attached hydrogens (tertiary/aromatic N) is 1. The minimum Gasteiger partial charge on any atom is -0.381 e. The van der Waals surface area contributed by atoms with Crippen molar-refractivity contribution in [2.75, 3.05) is 32.8 Å². The molecule has 1 saturated heterocycles. The van der Waals surface area contributed by atoms with E-state index in [2.05, 4.69) is 37.9 Å². The minimum absolute atomic E-state index is 0.679. The van der Waals surface area contributed by atoms with Gasteiger partial charge in [-0.1, -0.05) is 34.1 Å². The van der Waals surface area contributed by atoms with E-state index in [0.29, 0.717) is 12.1 Å². The van der Waals surface area contributed by atoms with Gasteiger partial charge in [0.2, 0.25) is 0 Å². The summed E-state index contributed by atoms with van der Waals surface area (Å²) in [6, 6.07) is 1.40. The lowest BCUT2D eigenvalue weighted by Crippen LogP contribution is -2.56. The Morgan fingerprint density at radius 3 is 2.60 bits per heavy atom. The second-order valence-corrected chi connectivity index (χ2v) is 6.61. The molecule has 1 N–H and O–H groups in total. The monoisotopic (exact) mass is 284 g/mol. The summed E-state index contributed by atoms with van der Waals surface area (Å²) in [6.45, 7) is 14.6. The molecule has 0 aromatic rings. The highest BCUT2D eigenvalue weighted by atomic mass is 16.5. The number of ether oxygens (including phenoxy) is 1. The summed E-state index contributed by atoms with van der Waals surface area (Å²) >= 11 is 0. The topological polar surface area (TPSA) is 24.5 Å². The van der Waals surface area contributed by atoms with Gasteiger partial charge in [-0.3, -0.25) is 4.90 Å². The van der Waals surface area contributed by atoms with Crippen LogP contribution in [0.3, 0.4) is 0 Å². The van der Waals surface area contributed by atoms with Crippen molar-refractivity contribution in [3.63, 3.8) is 0 Å². The Labute approximate surface area is 126 Å². The summed E-state index contributed by atoms with van der Waals surface area (Å²) in [4.78, 5) is 2.69. The molecule has 1 heterocycles. The van der Waals surface area contributed by atoms with Crippen molar-refractivity contribution in [2.24, 2.45) is 5.92 Å². The van der Waals surface area contributed by atoms with Crippen molar-refractivity contribution < 1.29 is 4.74 Å². The highest BCUT2D eigenvalue weighted by Crippen LogP contribution is 2.15. The highest BCUT2D eigenvalue weighted by Gasteiger charge is 2.26. The summed E-state index contributed by atoms with van der Waals surface area (Å²) < 4.78 is 5.68. The molecule has 20 heavy (non-hydrogen) atoms. The van der Waals surface area contributed by atoms with Crippen molar-refractivity contribution >= 4 is 0 Å². The van der Waals surface area contributed by atoms with E-state index in [9.17, 15) is 0 Å². The molecule has 1 aliphatic rings. The number of piperazine rings is 1. The number of nitrogens with one attached hydrogen (secondary N) is 1. The molecule has 2 unspecified atom stereocenters. The third-order valence-electron chi connectivity index (χ3n) is 4.22. The molecule has 0 bridgehead atoms. The first-order valence-corrected chi connectivity index (χ1v) is 8.72. The lowest BCUT2D eigenvalue weighted by molar-refractivity contribution is 0.0863. The van der Waals surface area contributed by atoms with Crippen LogP contribution in [0.4, 0.5) is 0 Å². The lowest BCUT2D eigenvalue weighted by Gasteiger charge is -2.40. The highest BCUT2D eigenvalue weighted by molar-refractivity contribution is 4.85. The predicted molar refractivity (Wildman–Crippen MR) is 87.2 cm³/mol. The maximum atomic E-state index is 5.68. The van der Waals surface area contributed by atoms with Gasteiger partial charge in [0.25, 0.3) is 0 Å². The SMILES string of the molecule is CCCCOCCCN1CC(CC(C)C)NCC1CC. The zero-order chi connectivity index (χ0) is 14.8. The second kappa shape index (κ2) is 10.6. The number of hydrogen-bond acceptors (Lipinski definition) is 3. The van der Waals surface area contributed by atoms with Crippen LogP contribution in [0.25, 0.3) is 0 Å². The molecular formula is C17H36N2O. The average molecular weight is 284 g/mol. The van der Waals surface area contributed by atoms with Crippen molar-refractivity contribution in [3.8, 4) is 0 Å².